The normalized spacial score (nSPS) is 23.1. The van der Waals surface area contributed by atoms with E-state index >= 15 is 0 Å². The maximum Gasteiger partial charge on any atom is 0.346 e. The van der Waals surface area contributed by atoms with Crippen molar-refractivity contribution in [3.05, 3.63) is 83.9 Å². The largest absolute Gasteiger partial charge is 0.447 e. The average Bonchev–Trinajstić information content (AvgIpc) is 2.63. The standard InChI is InChI=1S/C21H18O3/c22-20-18(16-10-4-1-5-11-16)19(17-12-6-2-7-13-17)23-21(24-20)14-8-3-9-15-21/h1-2,4-8,10-14H,3,9,15H2/t21-/m1/s1. The lowest BCUT2D eigenvalue weighted by Gasteiger charge is -2.38. The van der Waals surface area contributed by atoms with Gasteiger partial charge in [-0.15, -0.1) is 0 Å². The zero-order chi connectivity index (χ0) is 16.4. The Balaban J connectivity index is 1.89. The molecule has 3 heteroatoms. The second-order valence-electron chi connectivity index (χ2n) is 6.03. The van der Waals surface area contributed by atoms with Gasteiger partial charge in [-0.05, 0) is 24.5 Å². The number of hydrogen-bond acceptors (Lipinski definition) is 3. The molecule has 1 atom stereocenters. The average molecular weight is 318 g/mol. The van der Waals surface area contributed by atoms with Crippen molar-refractivity contribution in [2.24, 2.45) is 0 Å². The Labute approximate surface area is 141 Å². The molecule has 1 aliphatic heterocycles. The lowest BCUT2D eigenvalue weighted by Crippen LogP contribution is -2.41. The first-order valence-corrected chi connectivity index (χ1v) is 8.23. The molecule has 0 saturated carbocycles. The monoisotopic (exact) mass is 318 g/mol. The van der Waals surface area contributed by atoms with E-state index in [-0.39, 0.29) is 5.97 Å². The molecule has 0 unspecified atom stereocenters. The van der Waals surface area contributed by atoms with Crippen molar-refractivity contribution in [3.8, 4) is 0 Å². The van der Waals surface area contributed by atoms with Crippen molar-refractivity contribution in [2.75, 3.05) is 0 Å². The van der Waals surface area contributed by atoms with Crippen LogP contribution in [-0.4, -0.2) is 11.8 Å². The van der Waals surface area contributed by atoms with E-state index in [1.807, 2.05) is 72.8 Å². The summed E-state index contributed by atoms with van der Waals surface area (Å²) in [5, 5.41) is 0. The molecule has 0 saturated heterocycles. The summed E-state index contributed by atoms with van der Waals surface area (Å²) >= 11 is 0. The van der Waals surface area contributed by atoms with Gasteiger partial charge in [0.05, 0.1) is 0 Å². The summed E-state index contributed by atoms with van der Waals surface area (Å²) in [6, 6.07) is 19.3. The SMILES string of the molecule is O=C1O[C@@]2(C=CCCC2)OC(c2ccccc2)=C1c1ccccc1. The van der Waals surface area contributed by atoms with Crippen LogP contribution in [0.1, 0.15) is 30.4 Å². The van der Waals surface area contributed by atoms with Gasteiger partial charge in [0.15, 0.2) is 0 Å². The molecule has 0 radical (unpaired) electrons. The third-order valence-electron chi connectivity index (χ3n) is 4.34. The molecule has 0 fully saturated rings. The highest BCUT2D eigenvalue weighted by Crippen LogP contribution is 2.41. The molecule has 0 bridgehead atoms. The minimum Gasteiger partial charge on any atom is -0.447 e. The van der Waals surface area contributed by atoms with Gasteiger partial charge in [-0.2, -0.15) is 0 Å². The second kappa shape index (κ2) is 6.00. The van der Waals surface area contributed by atoms with Gasteiger partial charge in [0.2, 0.25) is 0 Å². The van der Waals surface area contributed by atoms with E-state index < -0.39 is 5.79 Å². The third kappa shape index (κ3) is 2.62. The van der Waals surface area contributed by atoms with Gasteiger partial charge >= 0.3 is 5.97 Å². The Hall–Kier alpha value is -2.81. The summed E-state index contributed by atoms with van der Waals surface area (Å²) in [5.74, 6) is -0.721. The van der Waals surface area contributed by atoms with E-state index in [1.165, 1.54) is 0 Å². The van der Waals surface area contributed by atoms with E-state index in [0.29, 0.717) is 17.8 Å². The van der Waals surface area contributed by atoms with Gasteiger partial charge in [-0.25, -0.2) is 4.79 Å². The van der Waals surface area contributed by atoms with Gasteiger partial charge in [-0.1, -0.05) is 66.7 Å². The lowest BCUT2D eigenvalue weighted by molar-refractivity contribution is -0.190. The summed E-state index contributed by atoms with van der Waals surface area (Å²) in [4.78, 5) is 12.9. The van der Waals surface area contributed by atoms with Crippen molar-refractivity contribution in [2.45, 2.75) is 25.0 Å². The quantitative estimate of drug-likeness (QED) is 0.601. The number of allylic oxidation sites excluding steroid dienone is 1. The molecule has 24 heavy (non-hydrogen) atoms. The number of esters is 1. The zero-order valence-electron chi connectivity index (χ0n) is 13.3. The van der Waals surface area contributed by atoms with E-state index in [4.69, 9.17) is 9.47 Å². The predicted molar refractivity (Wildman–Crippen MR) is 92.6 cm³/mol. The molecule has 120 valence electrons. The number of carbonyl (C=O) groups excluding carboxylic acids is 1. The first kappa shape index (κ1) is 14.8. The van der Waals surface area contributed by atoms with E-state index in [2.05, 4.69) is 0 Å². The van der Waals surface area contributed by atoms with Crippen LogP contribution in [0.4, 0.5) is 0 Å². The van der Waals surface area contributed by atoms with Gasteiger partial charge in [0.25, 0.3) is 5.79 Å². The molecule has 0 amide bonds. The Morgan fingerprint density at radius 1 is 0.833 bits per heavy atom. The maximum atomic E-state index is 12.9. The minimum atomic E-state index is -0.973. The molecule has 0 aromatic heterocycles. The Bertz CT molecular complexity index is 805. The highest BCUT2D eigenvalue weighted by molar-refractivity contribution is 6.24. The van der Waals surface area contributed by atoms with Crippen molar-refractivity contribution in [1.82, 2.24) is 0 Å². The van der Waals surface area contributed by atoms with Crippen LogP contribution in [0.5, 0.6) is 0 Å². The van der Waals surface area contributed by atoms with E-state index in [9.17, 15) is 4.79 Å². The van der Waals surface area contributed by atoms with Gasteiger partial charge in [-0.3, -0.25) is 0 Å². The molecule has 2 aromatic rings. The van der Waals surface area contributed by atoms with Crippen LogP contribution in [0.3, 0.4) is 0 Å². The smallest absolute Gasteiger partial charge is 0.346 e. The summed E-state index contributed by atoms with van der Waals surface area (Å²) < 4.78 is 12.0. The fourth-order valence-electron chi connectivity index (χ4n) is 3.17. The molecule has 1 heterocycles. The third-order valence-corrected chi connectivity index (χ3v) is 4.34. The summed E-state index contributed by atoms with van der Waals surface area (Å²) in [7, 11) is 0. The molecule has 0 N–H and O–H groups in total. The number of hydrogen-bond donors (Lipinski definition) is 0. The molecule has 1 spiro atoms. The van der Waals surface area contributed by atoms with Crippen molar-refractivity contribution in [1.29, 1.82) is 0 Å². The molecule has 2 aliphatic rings. The number of carbonyl (C=O) groups is 1. The van der Waals surface area contributed by atoms with E-state index in [0.717, 1.165) is 24.0 Å². The molecule has 3 nitrogen and oxygen atoms in total. The molecule has 1 aliphatic carbocycles. The van der Waals surface area contributed by atoms with Crippen LogP contribution < -0.4 is 0 Å². The summed E-state index contributed by atoms with van der Waals surface area (Å²) in [5.41, 5.74) is 2.16. The van der Waals surface area contributed by atoms with Crippen LogP contribution in [0, 0.1) is 0 Å². The van der Waals surface area contributed by atoms with E-state index in [1.54, 1.807) is 0 Å². The first-order chi connectivity index (χ1) is 11.8. The van der Waals surface area contributed by atoms with Crippen LogP contribution in [0.25, 0.3) is 11.3 Å². The fourth-order valence-corrected chi connectivity index (χ4v) is 3.17. The highest BCUT2D eigenvalue weighted by atomic mass is 16.7. The van der Waals surface area contributed by atoms with Crippen LogP contribution in [0.15, 0.2) is 72.8 Å². The summed E-state index contributed by atoms with van der Waals surface area (Å²) in [6.07, 6.45) is 6.49. The Kier molecular flexibility index (Phi) is 3.69. The minimum absolute atomic E-state index is 0.335. The number of rotatable bonds is 2. The van der Waals surface area contributed by atoms with Gasteiger partial charge < -0.3 is 9.47 Å². The summed E-state index contributed by atoms with van der Waals surface area (Å²) in [6.45, 7) is 0. The van der Waals surface area contributed by atoms with Gasteiger partial charge in [0.1, 0.15) is 11.3 Å². The first-order valence-electron chi connectivity index (χ1n) is 8.23. The molecular weight excluding hydrogens is 300 g/mol. The predicted octanol–water partition coefficient (Wildman–Crippen LogP) is 4.56. The molecule has 4 rings (SSSR count). The molecular formula is C21H18O3. The fraction of sp³-hybridized carbons (Fsp3) is 0.190. The topological polar surface area (TPSA) is 35.5 Å². The van der Waals surface area contributed by atoms with Crippen molar-refractivity contribution >= 4 is 17.3 Å². The van der Waals surface area contributed by atoms with Crippen molar-refractivity contribution < 1.29 is 14.3 Å². The highest BCUT2D eigenvalue weighted by Gasteiger charge is 2.43. The van der Waals surface area contributed by atoms with Crippen LogP contribution >= 0.6 is 0 Å². The van der Waals surface area contributed by atoms with Crippen LogP contribution in [-0.2, 0) is 14.3 Å². The Morgan fingerprint density at radius 2 is 1.50 bits per heavy atom. The maximum absolute atomic E-state index is 12.9. The van der Waals surface area contributed by atoms with Gasteiger partial charge in [0, 0.05) is 12.0 Å². The lowest BCUT2D eigenvalue weighted by atomic mass is 9.96. The van der Waals surface area contributed by atoms with Crippen LogP contribution in [0.2, 0.25) is 0 Å². The number of benzene rings is 2. The van der Waals surface area contributed by atoms with Crippen molar-refractivity contribution in [3.63, 3.8) is 0 Å². The number of ether oxygens (including phenoxy) is 2. The Morgan fingerprint density at radius 3 is 2.12 bits per heavy atom. The zero-order valence-corrected chi connectivity index (χ0v) is 13.3. The molecule has 2 aromatic carbocycles. The second-order valence-corrected chi connectivity index (χ2v) is 6.03.